The Balaban J connectivity index is 2.12. The van der Waals surface area contributed by atoms with Gasteiger partial charge in [-0.05, 0) is 54.5 Å². The van der Waals surface area contributed by atoms with Gasteiger partial charge in [-0.3, -0.25) is 0 Å². The molecule has 1 aliphatic heterocycles. The molecule has 0 spiro atoms. The summed E-state index contributed by atoms with van der Waals surface area (Å²) in [5.74, 6) is 0.859. The highest BCUT2D eigenvalue weighted by Gasteiger charge is 2.51. The highest BCUT2D eigenvalue weighted by atomic mass is 16.7. The molecule has 20 heavy (non-hydrogen) atoms. The van der Waals surface area contributed by atoms with Gasteiger partial charge in [-0.25, -0.2) is 4.98 Å². The third kappa shape index (κ3) is 3.15. The van der Waals surface area contributed by atoms with Crippen LogP contribution in [0, 0.1) is 0 Å². The van der Waals surface area contributed by atoms with Crippen LogP contribution in [0.3, 0.4) is 0 Å². The molecular formula is C15H25BN2O2. The zero-order chi connectivity index (χ0) is 15.2. The summed E-state index contributed by atoms with van der Waals surface area (Å²) in [6, 6.07) is 3.97. The maximum atomic E-state index is 6.01. The molecule has 0 aliphatic carbocycles. The topological polar surface area (TPSA) is 43.4 Å². The van der Waals surface area contributed by atoms with Crippen LogP contribution in [-0.4, -0.2) is 28.8 Å². The van der Waals surface area contributed by atoms with Crippen LogP contribution in [0.15, 0.2) is 18.3 Å². The lowest BCUT2D eigenvalue weighted by Crippen LogP contribution is -2.41. The van der Waals surface area contributed by atoms with Crippen LogP contribution in [-0.2, 0) is 9.31 Å². The van der Waals surface area contributed by atoms with Crippen LogP contribution in [0.25, 0.3) is 0 Å². The molecule has 1 N–H and O–H groups in total. The maximum Gasteiger partial charge on any atom is 0.496 e. The third-order valence-electron chi connectivity index (χ3n) is 3.81. The van der Waals surface area contributed by atoms with Crippen LogP contribution in [0.5, 0.6) is 0 Å². The number of nitrogens with one attached hydrogen (secondary N) is 1. The fourth-order valence-electron chi connectivity index (χ4n) is 1.98. The fourth-order valence-corrected chi connectivity index (χ4v) is 1.98. The largest absolute Gasteiger partial charge is 0.496 e. The molecule has 0 radical (unpaired) electrons. The molecule has 2 rings (SSSR count). The molecule has 2 heterocycles. The van der Waals surface area contributed by atoms with Gasteiger partial charge in [-0.1, -0.05) is 6.07 Å². The van der Waals surface area contributed by atoms with Crippen molar-refractivity contribution in [3.8, 4) is 0 Å². The van der Waals surface area contributed by atoms with E-state index in [9.17, 15) is 0 Å². The Bertz CT molecular complexity index is 462. The Kier molecular flexibility index (Phi) is 3.63. The molecule has 1 aromatic rings. The van der Waals surface area contributed by atoms with Gasteiger partial charge in [0.2, 0.25) is 0 Å². The molecule has 0 amide bonds. The van der Waals surface area contributed by atoms with Crippen molar-refractivity contribution in [2.45, 2.75) is 65.2 Å². The molecular weight excluding hydrogens is 251 g/mol. The molecule has 1 fully saturated rings. The van der Waals surface area contributed by atoms with E-state index in [1.54, 1.807) is 0 Å². The van der Waals surface area contributed by atoms with Gasteiger partial charge >= 0.3 is 7.12 Å². The zero-order valence-electron chi connectivity index (χ0n) is 13.6. The van der Waals surface area contributed by atoms with Gasteiger partial charge in [-0.2, -0.15) is 0 Å². The maximum absolute atomic E-state index is 6.01. The van der Waals surface area contributed by atoms with Crippen molar-refractivity contribution >= 4 is 18.4 Å². The lowest BCUT2D eigenvalue weighted by atomic mass is 9.80. The van der Waals surface area contributed by atoms with E-state index in [4.69, 9.17) is 9.31 Å². The normalized spacial score (nSPS) is 21.1. The average molecular weight is 276 g/mol. The Hall–Kier alpha value is -1.07. The van der Waals surface area contributed by atoms with E-state index in [1.807, 2.05) is 18.3 Å². The van der Waals surface area contributed by atoms with Crippen molar-refractivity contribution in [3.05, 3.63) is 18.3 Å². The van der Waals surface area contributed by atoms with Crippen molar-refractivity contribution in [1.29, 1.82) is 0 Å². The number of nitrogens with zero attached hydrogens (tertiary/aromatic N) is 1. The summed E-state index contributed by atoms with van der Waals surface area (Å²) < 4.78 is 12.0. The molecule has 0 saturated carbocycles. The SMILES string of the molecule is CC(C)(C)Nc1ccc(B2OC(C)(C)C(C)(C)O2)cn1. The van der Waals surface area contributed by atoms with E-state index in [2.05, 4.69) is 58.8 Å². The smallest absolute Gasteiger partial charge is 0.399 e. The highest BCUT2D eigenvalue weighted by Crippen LogP contribution is 2.36. The first kappa shape index (κ1) is 15.3. The fraction of sp³-hybridized carbons (Fsp3) is 0.667. The van der Waals surface area contributed by atoms with E-state index >= 15 is 0 Å². The second-order valence-electron chi connectivity index (χ2n) is 7.44. The zero-order valence-corrected chi connectivity index (χ0v) is 13.6. The van der Waals surface area contributed by atoms with Crippen molar-refractivity contribution in [1.82, 2.24) is 4.98 Å². The van der Waals surface area contributed by atoms with Crippen molar-refractivity contribution < 1.29 is 9.31 Å². The first-order valence-corrected chi connectivity index (χ1v) is 7.10. The van der Waals surface area contributed by atoms with Gasteiger partial charge in [0.05, 0.1) is 11.2 Å². The molecule has 1 aliphatic rings. The van der Waals surface area contributed by atoms with E-state index in [0.717, 1.165) is 11.3 Å². The summed E-state index contributed by atoms with van der Waals surface area (Å²) in [5, 5.41) is 3.34. The first-order valence-electron chi connectivity index (χ1n) is 7.10. The van der Waals surface area contributed by atoms with Crippen LogP contribution >= 0.6 is 0 Å². The molecule has 0 bridgehead atoms. The predicted octanol–water partition coefficient (Wildman–Crippen LogP) is 2.59. The van der Waals surface area contributed by atoms with E-state index in [-0.39, 0.29) is 23.9 Å². The lowest BCUT2D eigenvalue weighted by molar-refractivity contribution is 0.00578. The standard InChI is InChI=1S/C15H25BN2O2/c1-13(2,3)18-12-9-8-11(10-17-12)16-19-14(4,5)15(6,7)20-16/h8-10H,1-7H3,(H,17,18). The summed E-state index contributed by atoms with van der Waals surface area (Å²) in [7, 11) is -0.351. The predicted molar refractivity (Wildman–Crippen MR) is 83.3 cm³/mol. The van der Waals surface area contributed by atoms with Crippen LogP contribution in [0.1, 0.15) is 48.5 Å². The van der Waals surface area contributed by atoms with Crippen LogP contribution in [0.4, 0.5) is 5.82 Å². The minimum Gasteiger partial charge on any atom is -0.399 e. The number of hydrogen-bond donors (Lipinski definition) is 1. The van der Waals surface area contributed by atoms with Crippen LogP contribution < -0.4 is 10.8 Å². The molecule has 1 aromatic heterocycles. The van der Waals surface area contributed by atoms with Gasteiger partial charge in [0.25, 0.3) is 0 Å². The van der Waals surface area contributed by atoms with Crippen molar-refractivity contribution in [2.75, 3.05) is 5.32 Å². The Morgan fingerprint density at radius 1 is 1.05 bits per heavy atom. The monoisotopic (exact) mass is 276 g/mol. The Morgan fingerprint density at radius 2 is 1.60 bits per heavy atom. The lowest BCUT2D eigenvalue weighted by Gasteiger charge is -2.32. The van der Waals surface area contributed by atoms with E-state index < -0.39 is 0 Å². The van der Waals surface area contributed by atoms with Crippen molar-refractivity contribution in [3.63, 3.8) is 0 Å². The summed E-state index contributed by atoms with van der Waals surface area (Å²) in [6.45, 7) is 14.5. The molecule has 4 nitrogen and oxygen atoms in total. The molecule has 0 atom stereocenters. The second kappa shape index (κ2) is 4.74. The number of aromatic nitrogens is 1. The van der Waals surface area contributed by atoms with Gasteiger partial charge < -0.3 is 14.6 Å². The average Bonchev–Trinajstić information content (AvgIpc) is 2.47. The van der Waals surface area contributed by atoms with Gasteiger partial charge in [0, 0.05) is 17.2 Å². The summed E-state index contributed by atoms with van der Waals surface area (Å²) in [4.78, 5) is 4.43. The summed E-state index contributed by atoms with van der Waals surface area (Å²) >= 11 is 0. The van der Waals surface area contributed by atoms with E-state index in [0.29, 0.717) is 0 Å². The number of hydrogen-bond acceptors (Lipinski definition) is 4. The minimum absolute atomic E-state index is 0.00113. The summed E-state index contributed by atoms with van der Waals surface area (Å²) in [5.41, 5.74) is 0.307. The molecule has 0 aromatic carbocycles. The number of rotatable bonds is 2. The number of anilines is 1. The molecule has 5 heteroatoms. The Labute approximate surface area is 122 Å². The molecule has 0 unspecified atom stereocenters. The minimum atomic E-state index is -0.351. The van der Waals surface area contributed by atoms with E-state index in [1.165, 1.54) is 0 Å². The molecule has 1 saturated heterocycles. The van der Waals surface area contributed by atoms with Crippen LogP contribution in [0.2, 0.25) is 0 Å². The number of pyridine rings is 1. The van der Waals surface area contributed by atoms with Gasteiger partial charge in [0.1, 0.15) is 5.82 Å². The first-order chi connectivity index (χ1) is 9.00. The highest BCUT2D eigenvalue weighted by molar-refractivity contribution is 6.62. The van der Waals surface area contributed by atoms with Gasteiger partial charge in [-0.15, -0.1) is 0 Å². The Morgan fingerprint density at radius 3 is 2.00 bits per heavy atom. The second-order valence-corrected chi connectivity index (χ2v) is 7.44. The van der Waals surface area contributed by atoms with Gasteiger partial charge in [0.15, 0.2) is 0 Å². The van der Waals surface area contributed by atoms with Crippen molar-refractivity contribution in [2.24, 2.45) is 0 Å². The quantitative estimate of drug-likeness (QED) is 0.843. The molecule has 110 valence electrons. The summed E-state index contributed by atoms with van der Waals surface area (Å²) in [6.07, 6.45) is 1.82. The third-order valence-corrected chi connectivity index (χ3v) is 3.81.